The van der Waals surface area contributed by atoms with Crippen LogP contribution in [-0.4, -0.2) is 4.57 Å². The Bertz CT molecular complexity index is 818. The number of fused-ring (bicyclic) bond motifs is 1. The summed E-state index contributed by atoms with van der Waals surface area (Å²) in [7, 11) is 0. The maximum absolute atomic E-state index is 13.6. The molecule has 0 saturated heterocycles. The second kappa shape index (κ2) is 7.84. The van der Waals surface area contributed by atoms with E-state index >= 15 is 0 Å². The van der Waals surface area contributed by atoms with Gasteiger partial charge in [-0.3, -0.25) is 4.39 Å². The molecular weight excluding hydrogens is 568 g/mol. The molecule has 1 radical (unpaired) electrons. The molecule has 2 aromatic carbocycles. The first-order valence-electron chi connectivity index (χ1n) is 5.79. The molecule has 0 aliphatic carbocycles. The van der Waals surface area contributed by atoms with E-state index in [0.29, 0.717) is 11.1 Å². The Morgan fingerprint density at radius 3 is 2.67 bits per heavy atom. The number of halogens is 1. The summed E-state index contributed by atoms with van der Waals surface area (Å²) in [6.45, 7) is 1.62. The number of rotatable bonds is 1. The predicted molar refractivity (Wildman–Crippen MR) is 70.7 cm³/mol. The smallest absolute Gasteiger partial charge is 0.0199 e. The average molecular weight is 577 g/mol. The van der Waals surface area contributed by atoms with Crippen LogP contribution in [0.3, 0.4) is 0 Å². The van der Waals surface area contributed by atoms with Gasteiger partial charge in [0.1, 0.15) is 0 Å². The van der Waals surface area contributed by atoms with Crippen molar-refractivity contribution in [1.29, 1.82) is 0 Å². The Labute approximate surface area is 171 Å². The Balaban J connectivity index is 0.00000110. The van der Waals surface area contributed by atoms with Gasteiger partial charge in [0.05, 0.1) is 0 Å². The van der Waals surface area contributed by atoms with Gasteiger partial charge < -0.3 is 9.36 Å². The van der Waals surface area contributed by atoms with Crippen LogP contribution in [0, 0.1) is 62.1 Å². The van der Waals surface area contributed by atoms with Crippen LogP contribution >= 0.6 is 0 Å². The van der Waals surface area contributed by atoms with Gasteiger partial charge in [-0.15, -0.1) is 17.0 Å². The van der Waals surface area contributed by atoms with Crippen molar-refractivity contribution in [3.8, 4) is 5.69 Å². The maximum atomic E-state index is 13.6. The molecule has 1 aromatic heterocycles. The summed E-state index contributed by atoms with van der Waals surface area (Å²) in [5.41, 5.74) is 1.33. The number of aryl methyl sites for hydroxylation is 1. The molecule has 0 bridgehead atoms. The normalized spacial score (nSPS) is 9.81. The fourth-order valence-corrected chi connectivity index (χ4v) is 1.96. The van der Waals surface area contributed by atoms with Crippen molar-refractivity contribution in [1.82, 2.24) is 4.57 Å². The zero-order chi connectivity index (χ0) is 13.4. The van der Waals surface area contributed by atoms with Gasteiger partial charge in [-0.05, 0) is 0 Å². The molecule has 0 aliphatic rings. The summed E-state index contributed by atoms with van der Waals surface area (Å²) in [5.74, 6) is -0.437. The number of hydrogen-bond acceptors (Lipinski definition) is 1. The van der Waals surface area contributed by atoms with Crippen molar-refractivity contribution in [2.75, 3.05) is 0 Å². The molecule has 0 spiro atoms. The molecule has 0 unspecified atom stereocenters. The molecule has 3 rings (SSSR count). The summed E-state index contributed by atoms with van der Waals surface area (Å²) in [4.78, 5) is 11.8. The molecule has 5 heteroatoms. The van der Waals surface area contributed by atoms with E-state index in [9.17, 15) is 9.18 Å². The number of nitrogens with zero attached hydrogens (tertiary/aromatic N) is 1. The average Bonchev–Trinajstić information content (AvgIpc) is 2.42. The summed E-state index contributed by atoms with van der Waals surface area (Å²) in [6, 6.07) is 17.1. The van der Waals surface area contributed by atoms with E-state index in [4.69, 9.17) is 0 Å². The molecule has 2 nitrogen and oxygen atoms in total. The van der Waals surface area contributed by atoms with Gasteiger partial charge in [-0.1, -0.05) is 24.3 Å². The van der Waals surface area contributed by atoms with Gasteiger partial charge in [0.15, 0.2) is 0 Å². The second-order valence-corrected chi connectivity index (χ2v) is 4.22. The van der Waals surface area contributed by atoms with E-state index in [-0.39, 0.29) is 74.6 Å². The summed E-state index contributed by atoms with van der Waals surface area (Å²) in [5, 5.41) is 0.267. The molecule has 101 valence electrons. The third-order valence-corrected chi connectivity index (χ3v) is 2.95. The predicted octanol–water partition coefficient (Wildman–Crippen LogP) is 2.84. The zero-order valence-corrected chi connectivity index (χ0v) is 18.3. The first kappa shape index (κ1) is 18.8. The first-order chi connectivity index (χ1) is 9.16. The molecule has 0 fully saturated rings. The fourth-order valence-electron chi connectivity index (χ4n) is 1.96. The molecule has 0 saturated carbocycles. The van der Waals surface area contributed by atoms with Gasteiger partial charge in [0.2, 0.25) is 0 Å². The molecule has 1 heterocycles. The summed E-state index contributed by atoms with van der Waals surface area (Å²) >= 11 is 0. The topological polar surface area (TPSA) is 22.0 Å². The van der Waals surface area contributed by atoms with Crippen LogP contribution in [0.4, 0.5) is 4.39 Å². The minimum atomic E-state index is -0.437. The van der Waals surface area contributed by atoms with Crippen molar-refractivity contribution < 1.29 is 68.2 Å². The van der Waals surface area contributed by atoms with Crippen LogP contribution < -0.4 is 5.43 Å². The number of aromatic nitrogens is 1. The quantitative estimate of drug-likeness (QED) is 0.409. The SMILES string of the molecule is Cc1[c-]c2c(cc1F)c(=O)[c-]cn2-c1[c-]cccc1.[U].[Y]. The van der Waals surface area contributed by atoms with E-state index in [1.165, 1.54) is 12.3 Å². The monoisotopic (exact) mass is 577 g/mol. The number of benzene rings is 2. The molecule has 0 N–H and O–H groups in total. The number of hydrogen-bond donors (Lipinski definition) is 0. The van der Waals surface area contributed by atoms with E-state index in [1.807, 2.05) is 18.2 Å². The van der Waals surface area contributed by atoms with Gasteiger partial charge in [-0.2, -0.15) is 42.5 Å². The van der Waals surface area contributed by atoms with Crippen LogP contribution in [0.15, 0.2) is 41.3 Å². The van der Waals surface area contributed by atoms with Crippen molar-refractivity contribution in [2.45, 2.75) is 6.92 Å². The third-order valence-electron chi connectivity index (χ3n) is 2.95. The minimum absolute atomic E-state index is 0. The molecule has 0 amide bonds. The van der Waals surface area contributed by atoms with Crippen LogP contribution in [0.5, 0.6) is 0 Å². The van der Waals surface area contributed by atoms with E-state index in [1.54, 1.807) is 17.6 Å². The molecule has 21 heavy (non-hydrogen) atoms. The van der Waals surface area contributed by atoms with Crippen LogP contribution in [0.25, 0.3) is 16.6 Å². The van der Waals surface area contributed by atoms with E-state index in [2.05, 4.69) is 18.2 Å². The van der Waals surface area contributed by atoms with Crippen LogP contribution in [0.1, 0.15) is 5.56 Å². The Morgan fingerprint density at radius 2 is 2.00 bits per heavy atom. The van der Waals surface area contributed by atoms with Crippen molar-refractivity contribution in [3.63, 3.8) is 0 Å². The van der Waals surface area contributed by atoms with E-state index < -0.39 is 5.82 Å². The Morgan fingerprint density at radius 1 is 1.24 bits per heavy atom. The molecule has 0 aliphatic heterocycles. The minimum Gasteiger partial charge on any atom is -0.388 e. The van der Waals surface area contributed by atoms with Crippen molar-refractivity contribution >= 4 is 10.9 Å². The van der Waals surface area contributed by atoms with Crippen molar-refractivity contribution in [3.05, 3.63) is 76.3 Å². The van der Waals surface area contributed by atoms with Crippen LogP contribution in [0.2, 0.25) is 0 Å². The second-order valence-electron chi connectivity index (χ2n) is 4.22. The van der Waals surface area contributed by atoms with Gasteiger partial charge >= 0.3 is 0 Å². The van der Waals surface area contributed by atoms with E-state index in [0.717, 1.165) is 5.69 Å². The standard InChI is InChI=1S/C16H9FNO.U.Y/c1-11-9-15-13(10-14(11)17)16(19)7-8-18(15)12-5-3-2-4-6-12;;/h2-5,8,10H,1H3;;/q-3;;. The largest absolute Gasteiger partial charge is 0.388 e. The first-order valence-corrected chi connectivity index (χ1v) is 5.79. The van der Waals surface area contributed by atoms with Crippen LogP contribution in [-0.2, 0) is 32.7 Å². The molecular formula is C16H9FNOUY-3. The fraction of sp³-hybridized carbons (Fsp3) is 0.0625. The van der Waals surface area contributed by atoms with Gasteiger partial charge in [-0.25, -0.2) is 0 Å². The van der Waals surface area contributed by atoms with Crippen molar-refractivity contribution in [2.24, 2.45) is 0 Å². The Kier molecular flexibility index (Phi) is 7.01. The number of pyridine rings is 1. The summed E-state index contributed by atoms with van der Waals surface area (Å²) < 4.78 is 15.3. The Hall–Kier alpha value is -0.264. The summed E-state index contributed by atoms with van der Waals surface area (Å²) in [6.07, 6.45) is 1.53. The van der Waals surface area contributed by atoms with Gasteiger partial charge in [0, 0.05) is 75.1 Å². The molecule has 0 atom stereocenters. The maximum Gasteiger partial charge on any atom is 0.0199 e. The number of para-hydroxylation sites is 1. The zero-order valence-electron chi connectivity index (χ0n) is 11.3. The third kappa shape index (κ3) is 3.74. The van der Waals surface area contributed by atoms with Gasteiger partial charge in [0.25, 0.3) is 0 Å². The molecule has 3 aromatic rings.